The van der Waals surface area contributed by atoms with Crippen LogP contribution in [-0.4, -0.2) is 36.1 Å². The summed E-state index contributed by atoms with van der Waals surface area (Å²) in [5, 5.41) is 0. The molecule has 2 amide bonds. The molecule has 0 aromatic carbocycles. The van der Waals surface area contributed by atoms with E-state index in [2.05, 4.69) is 0 Å². The zero-order chi connectivity index (χ0) is 11.4. The van der Waals surface area contributed by atoms with Gasteiger partial charge in [0.1, 0.15) is 6.61 Å². The second kappa shape index (κ2) is 5.00. The Balaban J connectivity index is 2.38. The van der Waals surface area contributed by atoms with Crippen LogP contribution in [0.4, 0.5) is 4.79 Å². The molecule has 0 spiro atoms. The predicted molar refractivity (Wildman–Crippen MR) is 55.1 cm³/mol. The third kappa shape index (κ3) is 3.11. The molecule has 1 aliphatic heterocycles. The SMILES string of the molecule is CC(C)C(=O)OCC1CCCN1C(N)=O. The molecule has 0 bridgehead atoms. The van der Waals surface area contributed by atoms with Crippen molar-refractivity contribution in [2.24, 2.45) is 11.7 Å². The molecule has 15 heavy (non-hydrogen) atoms. The van der Waals surface area contributed by atoms with Crippen molar-refractivity contribution in [2.75, 3.05) is 13.2 Å². The Hall–Kier alpha value is -1.26. The number of likely N-dealkylation sites (tertiary alicyclic amines) is 1. The van der Waals surface area contributed by atoms with Gasteiger partial charge in [-0.3, -0.25) is 4.79 Å². The van der Waals surface area contributed by atoms with E-state index in [0.29, 0.717) is 6.54 Å². The fourth-order valence-electron chi connectivity index (χ4n) is 1.64. The molecule has 0 saturated carbocycles. The number of hydrogen-bond acceptors (Lipinski definition) is 3. The lowest BCUT2D eigenvalue weighted by Crippen LogP contribution is -2.42. The standard InChI is InChI=1S/C10H18N2O3/c1-7(2)9(13)15-6-8-4-3-5-12(8)10(11)14/h7-8H,3-6H2,1-2H3,(H2,11,14). The summed E-state index contributed by atoms with van der Waals surface area (Å²) >= 11 is 0. The third-order valence-electron chi connectivity index (χ3n) is 2.55. The molecular formula is C10H18N2O3. The lowest BCUT2D eigenvalue weighted by molar-refractivity contribution is -0.148. The van der Waals surface area contributed by atoms with Gasteiger partial charge in [-0.25, -0.2) is 4.79 Å². The number of carbonyl (C=O) groups excluding carboxylic acids is 2. The summed E-state index contributed by atoms with van der Waals surface area (Å²) in [7, 11) is 0. The monoisotopic (exact) mass is 214 g/mol. The van der Waals surface area contributed by atoms with Crippen molar-refractivity contribution < 1.29 is 14.3 Å². The van der Waals surface area contributed by atoms with Gasteiger partial charge in [0.25, 0.3) is 0 Å². The van der Waals surface area contributed by atoms with E-state index in [1.807, 2.05) is 0 Å². The second-order valence-electron chi connectivity index (χ2n) is 4.11. The first-order valence-electron chi connectivity index (χ1n) is 5.25. The van der Waals surface area contributed by atoms with Gasteiger partial charge in [0, 0.05) is 6.54 Å². The van der Waals surface area contributed by atoms with Crippen molar-refractivity contribution in [3.8, 4) is 0 Å². The van der Waals surface area contributed by atoms with Crippen LogP contribution in [0.25, 0.3) is 0 Å². The van der Waals surface area contributed by atoms with Crippen LogP contribution in [0.3, 0.4) is 0 Å². The molecule has 1 fully saturated rings. The maximum Gasteiger partial charge on any atom is 0.315 e. The van der Waals surface area contributed by atoms with E-state index >= 15 is 0 Å². The molecule has 86 valence electrons. The van der Waals surface area contributed by atoms with E-state index in [-0.39, 0.29) is 24.5 Å². The van der Waals surface area contributed by atoms with E-state index in [0.717, 1.165) is 12.8 Å². The Kier molecular flexibility index (Phi) is 3.94. The average molecular weight is 214 g/mol. The van der Waals surface area contributed by atoms with Crippen molar-refractivity contribution in [1.82, 2.24) is 4.90 Å². The number of carbonyl (C=O) groups is 2. The Morgan fingerprint density at radius 2 is 2.20 bits per heavy atom. The van der Waals surface area contributed by atoms with Crippen LogP contribution in [0.15, 0.2) is 0 Å². The fourth-order valence-corrected chi connectivity index (χ4v) is 1.64. The van der Waals surface area contributed by atoms with Crippen LogP contribution in [0.5, 0.6) is 0 Å². The number of urea groups is 1. The minimum absolute atomic E-state index is 0.0369. The van der Waals surface area contributed by atoms with Gasteiger partial charge in [0.05, 0.1) is 12.0 Å². The van der Waals surface area contributed by atoms with E-state index < -0.39 is 6.03 Å². The van der Waals surface area contributed by atoms with Crippen molar-refractivity contribution in [2.45, 2.75) is 32.7 Å². The number of nitrogens with zero attached hydrogens (tertiary/aromatic N) is 1. The average Bonchev–Trinajstić information content (AvgIpc) is 2.61. The molecule has 1 aliphatic rings. The van der Waals surface area contributed by atoms with Gasteiger partial charge in [0.15, 0.2) is 0 Å². The van der Waals surface area contributed by atoms with Gasteiger partial charge in [-0.05, 0) is 12.8 Å². The number of esters is 1. The van der Waals surface area contributed by atoms with E-state index in [4.69, 9.17) is 10.5 Å². The molecule has 0 aromatic rings. The van der Waals surface area contributed by atoms with Gasteiger partial charge < -0.3 is 15.4 Å². The first-order valence-corrected chi connectivity index (χ1v) is 5.25. The molecule has 1 saturated heterocycles. The zero-order valence-electron chi connectivity index (χ0n) is 9.23. The van der Waals surface area contributed by atoms with Gasteiger partial charge in [0.2, 0.25) is 0 Å². The lowest BCUT2D eigenvalue weighted by atomic mass is 10.2. The highest BCUT2D eigenvalue weighted by molar-refractivity contribution is 5.73. The van der Waals surface area contributed by atoms with Crippen molar-refractivity contribution in [3.05, 3.63) is 0 Å². The number of nitrogens with two attached hydrogens (primary N) is 1. The highest BCUT2D eigenvalue weighted by Crippen LogP contribution is 2.17. The normalized spacial score (nSPS) is 20.7. The van der Waals surface area contributed by atoms with Crippen molar-refractivity contribution in [3.63, 3.8) is 0 Å². The minimum atomic E-state index is -0.432. The first-order chi connectivity index (χ1) is 7.02. The number of hydrogen-bond donors (Lipinski definition) is 1. The Morgan fingerprint density at radius 3 is 2.73 bits per heavy atom. The van der Waals surface area contributed by atoms with Crippen LogP contribution in [0.1, 0.15) is 26.7 Å². The largest absolute Gasteiger partial charge is 0.463 e. The summed E-state index contributed by atoms with van der Waals surface area (Å²) in [5.74, 6) is -0.361. The van der Waals surface area contributed by atoms with Crippen LogP contribution in [0.2, 0.25) is 0 Å². The summed E-state index contributed by atoms with van der Waals surface area (Å²) in [4.78, 5) is 23.8. The fraction of sp³-hybridized carbons (Fsp3) is 0.800. The number of primary amides is 1. The van der Waals surface area contributed by atoms with Gasteiger partial charge in [-0.2, -0.15) is 0 Å². The van der Waals surface area contributed by atoms with Crippen LogP contribution >= 0.6 is 0 Å². The molecule has 0 radical (unpaired) electrons. The van der Waals surface area contributed by atoms with Crippen LogP contribution in [0, 0.1) is 5.92 Å². The van der Waals surface area contributed by atoms with Gasteiger partial charge in [-0.15, -0.1) is 0 Å². The number of rotatable bonds is 3. The maximum absolute atomic E-state index is 11.2. The third-order valence-corrected chi connectivity index (χ3v) is 2.55. The summed E-state index contributed by atoms with van der Waals surface area (Å²) in [6.45, 7) is 4.49. The highest BCUT2D eigenvalue weighted by atomic mass is 16.5. The smallest absolute Gasteiger partial charge is 0.315 e. The van der Waals surface area contributed by atoms with E-state index in [1.54, 1.807) is 18.7 Å². The number of ether oxygens (including phenoxy) is 1. The molecule has 5 heteroatoms. The van der Waals surface area contributed by atoms with Crippen LogP contribution in [-0.2, 0) is 9.53 Å². The van der Waals surface area contributed by atoms with Gasteiger partial charge >= 0.3 is 12.0 Å². The summed E-state index contributed by atoms with van der Waals surface area (Å²) < 4.78 is 5.08. The molecule has 2 N–H and O–H groups in total. The van der Waals surface area contributed by atoms with Gasteiger partial charge in [-0.1, -0.05) is 13.8 Å². The summed E-state index contributed by atoms with van der Waals surface area (Å²) in [5.41, 5.74) is 5.20. The topological polar surface area (TPSA) is 72.6 Å². The first kappa shape index (κ1) is 11.8. The molecule has 1 atom stereocenters. The molecular weight excluding hydrogens is 196 g/mol. The second-order valence-corrected chi connectivity index (χ2v) is 4.11. The zero-order valence-corrected chi connectivity index (χ0v) is 9.23. The Labute approximate surface area is 89.6 Å². The Bertz CT molecular complexity index is 253. The van der Waals surface area contributed by atoms with Crippen molar-refractivity contribution in [1.29, 1.82) is 0 Å². The van der Waals surface area contributed by atoms with Crippen molar-refractivity contribution >= 4 is 12.0 Å². The predicted octanol–water partition coefficient (Wildman–Crippen LogP) is 0.729. The summed E-state index contributed by atoms with van der Waals surface area (Å²) in [6.07, 6.45) is 1.78. The minimum Gasteiger partial charge on any atom is -0.463 e. The van der Waals surface area contributed by atoms with E-state index in [1.165, 1.54) is 0 Å². The Morgan fingerprint density at radius 1 is 1.53 bits per heavy atom. The summed E-state index contributed by atoms with van der Waals surface area (Å²) in [6, 6.07) is -0.469. The number of amides is 2. The highest BCUT2D eigenvalue weighted by Gasteiger charge is 2.28. The quantitative estimate of drug-likeness (QED) is 0.704. The molecule has 5 nitrogen and oxygen atoms in total. The van der Waals surface area contributed by atoms with Crippen LogP contribution < -0.4 is 5.73 Å². The molecule has 0 aliphatic carbocycles. The lowest BCUT2D eigenvalue weighted by Gasteiger charge is -2.22. The molecule has 1 unspecified atom stereocenters. The maximum atomic E-state index is 11.2. The van der Waals surface area contributed by atoms with E-state index in [9.17, 15) is 9.59 Å². The molecule has 0 aromatic heterocycles. The molecule has 1 heterocycles. The molecule has 1 rings (SSSR count).